The molecule has 6 nitrogen and oxygen atoms in total. The Hall–Kier alpha value is -2.15. The molecule has 1 aromatic heterocycles. The molecule has 7 heteroatoms. The number of rotatable bonds is 3. The van der Waals surface area contributed by atoms with Gasteiger partial charge >= 0.3 is 0 Å². The van der Waals surface area contributed by atoms with Crippen LogP contribution in [0.5, 0.6) is 0 Å². The summed E-state index contributed by atoms with van der Waals surface area (Å²) in [7, 11) is 0. The number of fused-ring (bicyclic) bond motifs is 1. The molecular formula is C19H24FN5O. The molecule has 0 spiro atoms. The average Bonchev–Trinajstić information content (AvgIpc) is 3.10. The molecule has 1 saturated carbocycles. The lowest BCUT2D eigenvalue weighted by Crippen LogP contribution is -2.44. The van der Waals surface area contributed by atoms with Crippen LogP contribution in [0.1, 0.15) is 30.7 Å². The minimum atomic E-state index is -0.776. The number of benzene rings is 1. The molecule has 0 amide bonds. The van der Waals surface area contributed by atoms with Crippen molar-refractivity contribution < 1.29 is 9.13 Å². The fourth-order valence-corrected chi connectivity index (χ4v) is 4.32. The second-order valence-electron chi connectivity index (χ2n) is 7.50. The highest BCUT2D eigenvalue weighted by Gasteiger charge is 2.50. The first-order chi connectivity index (χ1) is 12.7. The minimum Gasteiger partial charge on any atom is -0.378 e. The quantitative estimate of drug-likeness (QED) is 0.914. The lowest BCUT2D eigenvalue weighted by Gasteiger charge is -2.42. The van der Waals surface area contributed by atoms with Gasteiger partial charge in [-0.2, -0.15) is 10.1 Å². The Morgan fingerprint density at radius 1 is 1.12 bits per heavy atom. The second kappa shape index (κ2) is 6.23. The highest BCUT2D eigenvalue weighted by molar-refractivity contribution is 5.51. The smallest absolute Gasteiger partial charge is 0.221 e. The maximum Gasteiger partial charge on any atom is 0.221 e. The highest BCUT2D eigenvalue weighted by Crippen LogP contribution is 2.49. The molecule has 1 saturated heterocycles. The van der Waals surface area contributed by atoms with Crippen LogP contribution in [-0.4, -0.2) is 53.8 Å². The van der Waals surface area contributed by atoms with E-state index >= 15 is 0 Å². The monoisotopic (exact) mass is 357 g/mol. The van der Waals surface area contributed by atoms with Crippen LogP contribution < -0.4 is 10.2 Å². The van der Waals surface area contributed by atoms with Gasteiger partial charge in [0.1, 0.15) is 6.17 Å². The summed E-state index contributed by atoms with van der Waals surface area (Å²) in [5.74, 6) is 1.58. The fourth-order valence-electron chi connectivity index (χ4n) is 4.32. The first-order valence-corrected chi connectivity index (χ1v) is 9.51. The van der Waals surface area contributed by atoms with Gasteiger partial charge < -0.3 is 15.0 Å². The molecule has 5 rings (SSSR count). The number of ether oxygens (including phenoxy) is 1. The van der Waals surface area contributed by atoms with Crippen LogP contribution in [-0.2, 0) is 16.7 Å². The molecule has 0 unspecified atom stereocenters. The summed E-state index contributed by atoms with van der Waals surface area (Å²) in [6.45, 7) is 5.17. The average molecular weight is 357 g/mol. The number of aromatic nitrogens is 3. The summed E-state index contributed by atoms with van der Waals surface area (Å²) in [5.41, 5.74) is 1.92. The summed E-state index contributed by atoms with van der Waals surface area (Å²) in [4.78, 5) is 7.04. The maximum absolute atomic E-state index is 13.9. The van der Waals surface area contributed by atoms with Crippen molar-refractivity contribution in [3.63, 3.8) is 0 Å². The number of hydrogen-bond donors (Lipinski definition) is 1. The number of nitrogens with zero attached hydrogens (tertiary/aromatic N) is 4. The van der Waals surface area contributed by atoms with Crippen LogP contribution >= 0.6 is 0 Å². The van der Waals surface area contributed by atoms with Crippen molar-refractivity contribution in [2.24, 2.45) is 0 Å². The first kappa shape index (κ1) is 16.1. The van der Waals surface area contributed by atoms with Crippen molar-refractivity contribution in [2.75, 3.05) is 43.1 Å². The Balaban J connectivity index is 1.46. The number of halogens is 1. The molecule has 2 fully saturated rings. The zero-order valence-electron chi connectivity index (χ0n) is 14.8. The third-order valence-corrected chi connectivity index (χ3v) is 5.87. The third kappa shape index (κ3) is 2.57. The first-order valence-electron chi connectivity index (χ1n) is 9.51. The standard InChI is InChI=1S/C19H24FN5O/c20-15-12-19(13-15,17-22-18-21-6-1-7-25(18)23-17)14-2-4-16(5-3-14)24-8-10-26-11-9-24/h2-5,15H,1,6-13H2,(H,21,22,23). The lowest BCUT2D eigenvalue weighted by atomic mass is 9.62. The van der Waals surface area contributed by atoms with Gasteiger partial charge in [0.05, 0.1) is 18.6 Å². The summed E-state index contributed by atoms with van der Waals surface area (Å²) in [6.07, 6.45) is 1.20. The van der Waals surface area contributed by atoms with Crippen LogP contribution in [0.2, 0.25) is 0 Å². The SMILES string of the molecule is FC1CC(c2ccc(N3CCOCC3)cc2)(c2nc3n(n2)CCCN3)C1. The van der Waals surface area contributed by atoms with E-state index in [4.69, 9.17) is 14.8 Å². The molecule has 1 aromatic carbocycles. The van der Waals surface area contributed by atoms with E-state index in [2.05, 4.69) is 34.5 Å². The van der Waals surface area contributed by atoms with Gasteiger partial charge in [-0.1, -0.05) is 12.1 Å². The molecule has 3 aliphatic rings. The molecule has 26 heavy (non-hydrogen) atoms. The Morgan fingerprint density at radius 3 is 2.58 bits per heavy atom. The van der Waals surface area contributed by atoms with Crippen molar-refractivity contribution in [1.82, 2.24) is 14.8 Å². The maximum atomic E-state index is 13.9. The zero-order valence-corrected chi connectivity index (χ0v) is 14.8. The van der Waals surface area contributed by atoms with Gasteiger partial charge in [0.2, 0.25) is 5.95 Å². The number of anilines is 2. The molecule has 0 bridgehead atoms. The summed E-state index contributed by atoms with van der Waals surface area (Å²) >= 11 is 0. The lowest BCUT2D eigenvalue weighted by molar-refractivity contribution is 0.116. The Morgan fingerprint density at radius 2 is 1.88 bits per heavy atom. The molecule has 0 radical (unpaired) electrons. The van der Waals surface area contributed by atoms with E-state index in [0.29, 0.717) is 12.8 Å². The van der Waals surface area contributed by atoms with E-state index in [0.717, 1.165) is 63.1 Å². The summed E-state index contributed by atoms with van der Waals surface area (Å²) < 4.78 is 21.3. The molecule has 138 valence electrons. The molecular weight excluding hydrogens is 333 g/mol. The van der Waals surface area contributed by atoms with E-state index in [1.54, 1.807) is 0 Å². The summed E-state index contributed by atoms with van der Waals surface area (Å²) in [6, 6.07) is 8.54. The predicted octanol–water partition coefficient (Wildman–Crippen LogP) is 2.35. The highest BCUT2D eigenvalue weighted by atomic mass is 19.1. The molecule has 1 N–H and O–H groups in total. The van der Waals surface area contributed by atoms with E-state index in [1.807, 2.05) is 4.68 Å². The number of aryl methyl sites for hydroxylation is 1. The number of hydrogen-bond acceptors (Lipinski definition) is 5. The van der Waals surface area contributed by atoms with Crippen molar-refractivity contribution in [1.29, 1.82) is 0 Å². The van der Waals surface area contributed by atoms with Crippen molar-refractivity contribution in [2.45, 2.75) is 37.4 Å². The third-order valence-electron chi connectivity index (χ3n) is 5.87. The number of morpholine rings is 1. The Kier molecular flexibility index (Phi) is 3.85. The van der Waals surface area contributed by atoms with Crippen LogP contribution in [0.25, 0.3) is 0 Å². The van der Waals surface area contributed by atoms with Crippen LogP contribution in [0.15, 0.2) is 24.3 Å². The second-order valence-corrected chi connectivity index (χ2v) is 7.50. The van der Waals surface area contributed by atoms with Gasteiger partial charge in [-0.15, -0.1) is 0 Å². The Labute approximate surface area is 152 Å². The molecule has 2 aliphatic heterocycles. The van der Waals surface area contributed by atoms with Crippen LogP contribution in [0.3, 0.4) is 0 Å². The van der Waals surface area contributed by atoms with Crippen molar-refractivity contribution >= 4 is 11.6 Å². The van der Waals surface area contributed by atoms with Crippen LogP contribution in [0.4, 0.5) is 16.0 Å². The number of nitrogens with one attached hydrogen (secondary N) is 1. The summed E-state index contributed by atoms with van der Waals surface area (Å²) in [5, 5.41) is 8.01. The van der Waals surface area contributed by atoms with E-state index in [1.165, 1.54) is 5.69 Å². The largest absolute Gasteiger partial charge is 0.378 e. The molecule has 0 atom stereocenters. The van der Waals surface area contributed by atoms with E-state index < -0.39 is 11.6 Å². The van der Waals surface area contributed by atoms with Gasteiger partial charge in [0.25, 0.3) is 0 Å². The fraction of sp³-hybridized carbons (Fsp3) is 0.579. The zero-order chi connectivity index (χ0) is 17.6. The van der Waals surface area contributed by atoms with Crippen molar-refractivity contribution in [3.05, 3.63) is 35.7 Å². The van der Waals surface area contributed by atoms with E-state index in [9.17, 15) is 4.39 Å². The molecule has 2 aromatic rings. The van der Waals surface area contributed by atoms with Gasteiger partial charge in [-0.05, 0) is 37.0 Å². The van der Waals surface area contributed by atoms with Gasteiger partial charge in [0.15, 0.2) is 5.82 Å². The Bertz CT molecular complexity index is 754. The van der Waals surface area contributed by atoms with Gasteiger partial charge in [0, 0.05) is 31.9 Å². The topological polar surface area (TPSA) is 55.2 Å². The van der Waals surface area contributed by atoms with Crippen molar-refractivity contribution in [3.8, 4) is 0 Å². The minimum absolute atomic E-state index is 0.394. The van der Waals surface area contributed by atoms with Gasteiger partial charge in [-0.25, -0.2) is 9.07 Å². The van der Waals surface area contributed by atoms with Gasteiger partial charge in [-0.3, -0.25) is 0 Å². The predicted molar refractivity (Wildman–Crippen MR) is 97.5 cm³/mol. The molecule has 1 aliphatic carbocycles. The number of alkyl halides is 1. The molecule has 3 heterocycles. The van der Waals surface area contributed by atoms with Crippen LogP contribution in [0, 0.1) is 0 Å². The normalized spacial score (nSPS) is 28.2. The van der Waals surface area contributed by atoms with E-state index in [-0.39, 0.29) is 0 Å².